The van der Waals surface area contributed by atoms with Gasteiger partial charge in [-0.3, -0.25) is 0 Å². The highest BCUT2D eigenvalue weighted by atomic mass is 16.3. The molecule has 6 heteroatoms. The number of rotatable bonds is 14. The van der Waals surface area contributed by atoms with E-state index in [9.17, 15) is 19.8 Å². The molecule has 6 nitrogen and oxygen atoms in total. The van der Waals surface area contributed by atoms with E-state index in [1.165, 1.54) is 0 Å². The summed E-state index contributed by atoms with van der Waals surface area (Å²) in [5.41, 5.74) is 0. The summed E-state index contributed by atoms with van der Waals surface area (Å²) in [6, 6.07) is -0.968. The van der Waals surface area contributed by atoms with Gasteiger partial charge in [0.1, 0.15) is 12.6 Å². The van der Waals surface area contributed by atoms with E-state index in [0.717, 1.165) is 25.4 Å². The lowest BCUT2D eigenvalue weighted by Crippen LogP contribution is -2.42. The van der Waals surface area contributed by atoms with Crippen LogP contribution in [0.2, 0.25) is 0 Å². The summed E-state index contributed by atoms with van der Waals surface area (Å²) in [4.78, 5) is 21.1. The Morgan fingerprint density at radius 1 is 0.786 bits per heavy atom. The van der Waals surface area contributed by atoms with E-state index < -0.39 is 24.3 Å². The quantitative estimate of drug-likeness (QED) is 0.265. The molecule has 0 aromatic rings. The van der Waals surface area contributed by atoms with Gasteiger partial charge in [-0.2, -0.15) is 0 Å². The topological polar surface area (TPSA) is 98.7 Å². The summed E-state index contributed by atoms with van der Waals surface area (Å²) in [5.74, 6) is 0.0997. The van der Waals surface area contributed by atoms with Gasteiger partial charge in [0.05, 0.1) is 24.3 Å². The van der Waals surface area contributed by atoms with Gasteiger partial charge in [-0.1, -0.05) is 63.5 Å². The van der Waals surface area contributed by atoms with Gasteiger partial charge in [0.25, 0.3) is 0 Å². The van der Waals surface area contributed by atoms with Crippen molar-refractivity contribution in [2.45, 2.75) is 51.0 Å². The Kier molecular flexibility index (Phi) is 18.7. The minimum atomic E-state index is -0.646. The van der Waals surface area contributed by atoms with E-state index >= 15 is 0 Å². The van der Waals surface area contributed by atoms with Gasteiger partial charge in [0.2, 0.25) is 0 Å². The van der Waals surface area contributed by atoms with Crippen LogP contribution in [0, 0.1) is 11.8 Å². The van der Waals surface area contributed by atoms with Gasteiger partial charge in [-0.25, -0.2) is 0 Å². The molecule has 0 aliphatic rings. The van der Waals surface area contributed by atoms with E-state index in [0.29, 0.717) is 0 Å². The molecule has 0 heterocycles. The summed E-state index contributed by atoms with van der Waals surface area (Å²) in [7, 11) is 3.32. The maximum absolute atomic E-state index is 10.6. The fraction of sp³-hybridized carbons (Fsp3) is 0.545. The van der Waals surface area contributed by atoms with Crippen molar-refractivity contribution in [2.75, 3.05) is 14.1 Å². The molecule has 0 saturated carbocycles. The molecule has 0 rings (SSSR count). The van der Waals surface area contributed by atoms with Crippen LogP contribution in [-0.4, -0.2) is 61.2 Å². The van der Waals surface area contributed by atoms with E-state index in [1.54, 1.807) is 26.2 Å². The molecule has 0 saturated heterocycles. The molecule has 0 aromatic heterocycles. The Morgan fingerprint density at radius 2 is 1.11 bits per heavy atom. The maximum Gasteiger partial charge on any atom is 0.139 e. The van der Waals surface area contributed by atoms with Crippen LogP contribution in [0.15, 0.2) is 49.6 Å². The number of hydrogen-bond donors (Lipinski definition) is 4. The van der Waals surface area contributed by atoms with Crippen molar-refractivity contribution in [1.29, 1.82) is 0 Å². The SMILES string of the molecule is C=C/C=C/C[C@@H](C)[C@@H](O)[C@@H](C=O)NC.C=C/C=C\C[C@@H](C)[C@@H](O)[C@@H](C=O)NC. The van der Waals surface area contributed by atoms with Crippen molar-refractivity contribution in [3.8, 4) is 0 Å². The van der Waals surface area contributed by atoms with Gasteiger partial charge in [0, 0.05) is 0 Å². The zero-order chi connectivity index (χ0) is 21.9. The molecule has 0 unspecified atom stereocenters. The minimum Gasteiger partial charge on any atom is -0.391 e. The molecule has 160 valence electrons. The second kappa shape index (κ2) is 18.5. The predicted molar refractivity (Wildman–Crippen MR) is 116 cm³/mol. The first kappa shape index (κ1) is 28.4. The summed E-state index contributed by atoms with van der Waals surface area (Å²) in [6.45, 7) is 10.9. The first-order valence-corrected chi connectivity index (χ1v) is 9.50. The molecular weight excluding hydrogens is 356 g/mol. The number of carbonyl (C=O) groups excluding carboxylic acids is 2. The van der Waals surface area contributed by atoms with Crippen LogP contribution >= 0.6 is 0 Å². The molecule has 6 atom stereocenters. The molecule has 0 aliphatic carbocycles. The van der Waals surface area contributed by atoms with Crippen molar-refractivity contribution in [3.05, 3.63) is 49.6 Å². The van der Waals surface area contributed by atoms with Crippen LogP contribution in [0.4, 0.5) is 0 Å². The number of likely N-dealkylation sites (N-methyl/N-ethyl adjacent to an activating group) is 2. The maximum atomic E-state index is 10.6. The monoisotopic (exact) mass is 394 g/mol. The Labute approximate surface area is 170 Å². The lowest BCUT2D eigenvalue weighted by atomic mass is 9.95. The fourth-order valence-corrected chi connectivity index (χ4v) is 2.40. The van der Waals surface area contributed by atoms with Crippen LogP contribution in [0.5, 0.6) is 0 Å². The minimum absolute atomic E-state index is 0.0499. The first-order chi connectivity index (χ1) is 13.3. The lowest BCUT2D eigenvalue weighted by Gasteiger charge is -2.22. The molecule has 4 N–H and O–H groups in total. The summed E-state index contributed by atoms with van der Waals surface area (Å²) in [5, 5.41) is 25.0. The standard InChI is InChI=1S/2C11H19NO2/c2*1-4-5-6-7-9(2)11(14)10(8-13)12-3/h2*4-6,8-12,14H,1,7H2,2-3H3/b6-5+;6-5-/t2*9-,10-,11-/m11/s1. The average molecular weight is 395 g/mol. The smallest absolute Gasteiger partial charge is 0.139 e. The second-order valence-electron chi connectivity index (χ2n) is 6.64. The Morgan fingerprint density at radius 3 is 1.32 bits per heavy atom. The van der Waals surface area contributed by atoms with Crippen molar-refractivity contribution in [3.63, 3.8) is 0 Å². The zero-order valence-electron chi connectivity index (χ0n) is 17.6. The van der Waals surface area contributed by atoms with Crippen LogP contribution in [0.1, 0.15) is 26.7 Å². The number of hydrogen-bond acceptors (Lipinski definition) is 6. The van der Waals surface area contributed by atoms with E-state index in [2.05, 4.69) is 23.8 Å². The summed E-state index contributed by atoms with van der Waals surface area (Å²) in [6.07, 6.45) is 12.5. The van der Waals surface area contributed by atoms with Crippen LogP contribution in [-0.2, 0) is 9.59 Å². The third-order valence-corrected chi connectivity index (χ3v) is 4.42. The predicted octanol–water partition coefficient (Wildman–Crippen LogP) is 1.81. The normalized spacial score (nSPS) is 17.6. The van der Waals surface area contributed by atoms with E-state index in [4.69, 9.17) is 0 Å². The molecular formula is C22H38N2O4. The highest BCUT2D eigenvalue weighted by molar-refractivity contribution is 5.59. The van der Waals surface area contributed by atoms with Gasteiger partial charge in [-0.05, 0) is 38.8 Å². The number of aliphatic hydroxyl groups excluding tert-OH is 2. The number of allylic oxidation sites excluding steroid dienone is 6. The van der Waals surface area contributed by atoms with Gasteiger partial charge in [0.15, 0.2) is 0 Å². The molecule has 0 aliphatic heterocycles. The van der Waals surface area contributed by atoms with Gasteiger partial charge >= 0.3 is 0 Å². The lowest BCUT2D eigenvalue weighted by molar-refractivity contribution is -0.113. The van der Waals surface area contributed by atoms with Crippen molar-refractivity contribution >= 4 is 12.6 Å². The Balaban J connectivity index is 0. The number of aldehydes is 2. The van der Waals surface area contributed by atoms with E-state index in [-0.39, 0.29) is 11.8 Å². The molecule has 0 radical (unpaired) electrons. The molecule has 0 bridgehead atoms. The number of aliphatic hydroxyl groups is 2. The summed E-state index contributed by atoms with van der Waals surface area (Å²) >= 11 is 0. The molecule has 0 amide bonds. The number of nitrogens with one attached hydrogen (secondary N) is 2. The average Bonchev–Trinajstić information content (AvgIpc) is 2.70. The Hall–Kier alpha value is -1.86. The highest BCUT2D eigenvalue weighted by Crippen LogP contribution is 2.12. The first-order valence-electron chi connectivity index (χ1n) is 9.50. The van der Waals surface area contributed by atoms with Gasteiger partial charge in [-0.15, -0.1) is 0 Å². The van der Waals surface area contributed by atoms with Crippen LogP contribution in [0.3, 0.4) is 0 Å². The van der Waals surface area contributed by atoms with Gasteiger partial charge < -0.3 is 30.4 Å². The summed E-state index contributed by atoms with van der Waals surface area (Å²) < 4.78 is 0. The molecule has 0 spiro atoms. The van der Waals surface area contributed by atoms with E-state index in [1.807, 2.05) is 38.2 Å². The molecule has 0 fully saturated rings. The highest BCUT2D eigenvalue weighted by Gasteiger charge is 2.22. The molecule has 28 heavy (non-hydrogen) atoms. The third kappa shape index (κ3) is 12.5. The molecule has 0 aromatic carbocycles. The largest absolute Gasteiger partial charge is 0.391 e. The zero-order valence-corrected chi connectivity index (χ0v) is 17.6. The van der Waals surface area contributed by atoms with Crippen molar-refractivity contribution in [2.24, 2.45) is 11.8 Å². The van der Waals surface area contributed by atoms with Crippen molar-refractivity contribution in [1.82, 2.24) is 10.6 Å². The van der Waals surface area contributed by atoms with Crippen LogP contribution < -0.4 is 10.6 Å². The third-order valence-electron chi connectivity index (χ3n) is 4.42. The van der Waals surface area contributed by atoms with Crippen LogP contribution in [0.25, 0.3) is 0 Å². The second-order valence-corrected chi connectivity index (χ2v) is 6.64. The Bertz CT molecular complexity index is 447. The fourth-order valence-electron chi connectivity index (χ4n) is 2.40. The number of carbonyl (C=O) groups is 2. The van der Waals surface area contributed by atoms with Crippen molar-refractivity contribution < 1.29 is 19.8 Å².